The fourth-order valence-corrected chi connectivity index (χ4v) is 2.08. The van der Waals surface area contributed by atoms with Crippen LogP contribution >= 0.6 is 0 Å². The van der Waals surface area contributed by atoms with E-state index in [1.807, 2.05) is 30.3 Å². The van der Waals surface area contributed by atoms with Crippen LogP contribution in [0.5, 0.6) is 5.75 Å². The van der Waals surface area contributed by atoms with Crippen molar-refractivity contribution in [2.24, 2.45) is 0 Å². The second-order valence-electron chi connectivity index (χ2n) is 4.71. The Bertz CT molecular complexity index is 789. The summed E-state index contributed by atoms with van der Waals surface area (Å²) in [6.45, 7) is 1.04. The topological polar surface area (TPSA) is 74.6 Å². The number of aromatic nitrogens is 3. The molecule has 2 aromatic heterocycles. The molecule has 21 heavy (non-hydrogen) atoms. The third kappa shape index (κ3) is 2.89. The molecule has 0 fully saturated rings. The van der Waals surface area contributed by atoms with Crippen molar-refractivity contribution >= 4 is 11.3 Å². The number of benzene rings is 1. The third-order valence-electron chi connectivity index (χ3n) is 3.15. The molecular formula is C15H16N4O2. The SMILES string of the molecule is Nc1ccc(OCCCn2nc3ccccn3c2=O)cc1. The van der Waals surface area contributed by atoms with Crippen LogP contribution in [0.25, 0.3) is 5.65 Å². The summed E-state index contributed by atoms with van der Waals surface area (Å²) >= 11 is 0. The van der Waals surface area contributed by atoms with Gasteiger partial charge in [0.05, 0.1) is 6.61 Å². The molecule has 3 aromatic rings. The Labute approximate surface area is 121 Å². The highest BCUT2D eigenvalue weighted by molar-refractivity contribution is 5.41. The molecule has 6 heteroatoms. The molecule has 2 N–H and O–H groups in total. The van der Waals surface area contributed by atoms with Crippen molar-refractivity contribution < 1.29 is 4.74 Å². The van der Waals surface area contributed by atoms with Crippen molar-refractivity contribution in [3.05, 3.63) is 59.1 Å². The molecule has 0 amide bonds. The monoisotopic (exact) mass is 284 g/mol. The first-order valence-corrected chi connectivity index (χ1v) is 6.76. The van der Waals surface area contributed by atoms with Crippen LogP contribution in [0, 0.1) is 0 Å². The molecule has 0 aliphatic heterocycles. The van der Waals surface area contributed by atoms with Crippen molar-refractivity contribution in [3.8, 4) is 5.75 Å². The quantitative estimate of drug-likeness (QED) is 0.570. The van der Waals surface area contributed by atoms with Crippen molar-refractivity contribution in [3.63, 3.8) is 0 Å². The molecule has 0 radical (unpaired) electrons. The van der Waals surface area contributed by atoms with Crippen molar-refractivity contribution in [1.29, 1.82) is 0 Å². The minimum absolute atomic E-state index is 0.127. The lowest BCUT2D eigenvalue weighted by molar-refractivity contribution is 0.297. The van der Waals surface area contributed by atoms with Crippen LogP contribution in [0.2, 0.25) is 0 Å². The molecule has 0 saturated carbocycles. The Morgan fingerprint density at radius 1 is 1.14 bits per heavy atom. The molecule has 6 nitrogen and oxygen atoms in total. The number of fused-ring (bicyclic) bond motifs is 1. The fourth-order valence-electron chi connectivity index (χ4n) is 2.08. The van der Waals surface area contributed by atoms with Crippen LogP contribution in [0.4, 0.5) is 5.69 Å². The average Bonchev–Trinajstić information content (AvgIpc) is 2.82. The molecule has 2 heterocycles. The summed E-state index contributed by atoms with van der Waals surface area (Å²) in [6.07, 6.45) is 2.42. The number of rotatable bonds is 5. The van der Waals surface area contributed by atoms with Crippen LogP contribution in [0.1, 0.15) is 6.42 Å². The van der Waals surface area contributed by atoms with Crippen LogP contribution in [0.15, 0.2) is 53.5 Å². The molecule has 0 atom stereocenters. The van der Waals surface area contributed by atoms with Gasteiger partial charge in [-0.05, 0) is 36.4 Å². The zero-order chi connectivity index (χ0) is 14.7. The highest BCUT2D eigenvalue weighted by Gasteiger charge is 2.05. The standard InChI is InChI=1S/C15H16N4O2/c16-12-5-7-13(8-6-12)21-11-3-10-19-15(20)18-9-2-1-4-14(18)17-19/h1-2,4-9H,3,10-11,16H2. The minimum atomic E-state index is -0.127. The molecule has 3 rings (SSSR count). The van der Waals surface area contributed by atoms with E-state index in [2.05, 4.69) is 5.10 Å². The number of hydrogen-bond donors (Lipinski definition) is 1. The number of nitrogen functional groups attached to an aromatic ring is 1. The number of ether oxygens (including phenoxy) is 1. The van der Waals surface area contributed by atoms with E-state index >= 15 is 0 Å². The van der Waals surface area contributed by atoms with Gasteiger partial charge in [0.25, 0.3) is 0 Å². The highest BCUT2D eigenvalue weighted by Crippen LogP contribution is 2.13. The molecule has 0 saturated heterocycles. The Hall–Kier alpha value is -2.76. The van der Waals surface area contributed by atoms with Gasteiger partial charge >= 0.3 is 5.69 Å². The largest absolute Gasteiger partial charge is 0.494 e. The lowest BCUT2D eigenvalue weighted by atomic mass is 10.3. The van der Waals surface area contributed by atoms with Gasteiger partial charge in [0.2, 0.25) is 0 Å². The predicted octanol–water partition coefficient (Wildman–Crippen LogP) is 1.55. The second-order valence-corrected chi connectivity index (χ2v) is 4.71. The summed E-state index contributed by atoms with van der Waals surface area (Å²) in [5, 5.41) is 4.26. The second kappa shape index (κ2) is 5.70. The Morgan fingerprint density at radius 3 is 2.71 bits per heavy atom. The fraction of sp³-hybridized carbons (Fsp3) is 0.200. The summed E-state index contributed by atoms with van der Waals surface area (Å²) in [5.74, 6) is 0.770. The van der Waals surface area contributed by atoms with Gasteiger partial charge in [-0.1, -0.05) is 6.07 Å². The van der Waals surface area contributed by atoms with Gasteiger partial charge in [0, 0.05) is 24.8 Å². The van der Waals surface area contributed by atoms with Crippen LogP contribution in [0.3, 0.4) is 0 Å². The Morgan fingerprint density at radius 2 is 1.95 bits per heavy atom. The van der Waals surface area contributed by atoms with Gasteiger partial charge in [-0.15, -0.1) is 5.10 Å². The zero-order valence-electron chi connectivity index (χ0n) is 11.5. The maximum atomic E-state index is 12.0. The molecule has 1 aromatic carbocycles. The number of anilines is 1. The van der Waals surface area contributed by atoms with E-state index in [4.69, 9.17) is 10.5 Å². The molecule has 108 valence electrons. The van der Waals surface area contributed by atoms with E-state index in [1.54, 1.807) is 18.3 Å². The molecule has 0 aliphatic carbocycles. The van der Waals surface area contributed by atoms with Crippen LogP contribution in [-0.2, 0) is 6.54 Å². The number of aryl methyl sites for hydroxylation is 1. The lowest BCUT2D eigenvalue weighted by Crippen LogP contribution is -2.22. The zero-order valence-corrected chi connectivity index (χ0v) is 11.5. The van der Waals surface area contributed by atoms with Gasteiger partial charge in [-0.2, -0.15) is 0 Å². The van der Waals surface area contributed by atoms with Gasteiger partial charge in [0.15, 0.2) is 5.65 Å². The van der Waals surface area contributed by atoms with Gasteiger partial charge < -0.3 is 10.5 Å². The van der Waals surface area contributed by atoms with E-state index in [0.29, 0.717) is 30.9 Å². The summed E-state index contributed by atoms with van der Waals surface area (Å²) in [6, 6.07) is 12.7. The van der Waals surface area contributed by atoms with Crippen LogP contribution < -0.4 is 16.2 Å². The van der Waals surface area contributed by atoms with Gasteiger partial charge in [0.1, 0.15) is 5.75 Å². The van der Waals surface area contributed by atoms with Gasteiger partial charge in [-0.3, -0.25) is 4.40 Å². The molecule has 0 bridgehead atoms. The van der Waals surface area contributed by atoms with Gasteiger partial charge in [-0.25, -0.2) is 9.48 Å². The maximum Gasteiger partial charge on any atom is 0.350 e. The minimum Gasteiger partial charge on any atom is -0.494 e. The molecule has 0 unspecified atom stereocenters. The van der Waals surface area contributed by atoms with E-state index in [-0.39, 0.29) is 5.69 Å². The van der Waals surface area contributed by atoms with E-state index in [1.165, 1.54) is 9.08 Å². The van der Waals surface area contributed by atoms with Crippen molar-refractivity contribution in [1.82, 2.24) is 14.2 Å². The molecule has 0 spiro atoms. The predicted molar refractivity (Wildman–Crippen MR) is 80.4 cm³/mol. The third-order valence-corrected chi connectivity index (χ3v) is 3.15. The summed E-state index contributed by atoms with van der Waals surface area (Å²) in [5.41, 5.74) is 6.84. The van der Waals surface area contributed by atoms with E-state index in [0.717, 1.165) is 5.75 Å². The van der Waals surface area contributed by atoms with Crippen molar-refractivity contribution in [2.75, 3.05) is 12.3 Å². The maximum absolute atomic E-state index is 12.0. The summed E-state index contributed by atoms with van der Waals surface area (Å²) in [4.78, 5) is 12.0. The Balaban J connectivity index is 1.58. The first-order chi connectivity index (χ1) is 10.2. The highest BCUT2D eigenvalue weighted by atomic mass is 16.5. The summed E-state index contributed by atoms with van der Waals surface area (Å²) in [7, 11) is 0. The van der Waals surface area contributed by atoms with E-state index < -0.39 is 0 Å². The lowest BCUT2D eigenvalue weighted by Gasteiger charge is -2.05. The normalized spacial score (nSPS) is 10.9. The van der Waals surface area contributed by atoms with Crippen molar-refractivity contribution in [2.45, 2.75) is 13.0 Å². The number of pyridine rings is 1. The number of hydrogen-bond acceptors (Lipinski definition) is 4. The smallest absolute Gasteiger partial charge is 0.350 e. The number of nitrogens with zero attached hydrogens (tertiary/aromatic N) is 3. The molecular weight excluding hydrogens is 268 g/mol. The van der Waals surface area contributed by atoms with Crippen LogP contribution in [-0.4, -0.2) is 20.8 Å². The van der Waals surface area contributed by atoms with E-state index in [9.17, 15) is 4.79 Å². The summed E-state index contributed by atoms with van der Waals surface area (Å²) < 4.78 is 8.58. The number of nitrogens with two attached hydrogens (primary N) is 1. The first kappa shape index (κ1) is 13.2. The first-order valence-electron chi connectivity index (χ1n) is 6.76. The Kier molecular flexibility index (Phi) is 3.59. The molecule has 0 aliphatic rings. The average molecular weight is 284 g/mol.